The number of carboxylic acid groups (broad SMARTS) is 1. The Morgan fingerprint density at radius 1 is 1.53 bits per heavy atom. The second-order valence-corrected chi connectivity index (χ2v) is 5.35. The van der Waals surface area contributed by atoms with E-state index < -0.39 is 11.4 Å². The number of hydrogen-bond donors (Lipinski definition) is 1. The summed E-state index contributed by atoms with van der Waals surface area (Å²) >= 11 is 5.90. The molecule has 96 valence electrons. The van der Waals surface area contributed by atoms with E-state index >= 15 is 0 Å². The molecule has 4 nitrogen and oxygen atoms in total. The van der Waals surface area contributed by atoms with Crippen LogP contribution in [0.1, 0.15) is 38.8 Å². The first kappa shape index (κ1) is 14.0. The second-order valence-electron chi connectivity index (χ2n) is 4.95. The average molecular weight is 259 g/mol. The van der Waals surface area contributed by atoms with Crippen molar-refractivity contribution in [3.63, 3.8) is 0 Å². The van der Waals surface area contributed by atoms with Crippen LogP contribution < -0.4 is 0 Å². The minimum Gasteiger partial charge on any atom is -0.481 e. The first-order valence-corrected chi connectivity index (χ1v) is 6.13. The normalized spacial score (nSPS) is 11.8. The number of rotatable bonds is 6. The number of unbranched alkanes of at least 4 members (excludes halogenated alkanes) is 1. The molecule has 1 N–H and O–H groups in total. The van der Waals surface area contributed by atoms with Gasteiger partial charge in [-0.1, -0.05) is 18.0 Å². The summed E-state index contributed by atoms with van der Waals surface area (Å²) in [6, 6.07) is 0. The van der Waals surface area contributed by atoms with E-state index in [9.17, 15) is 4.79 Å². The molecule has 1 aromatic rings. The zero-order valence-electron chi connectivity index (χ0n) is 10.5. The van der Waals surface area contributed by atoms with Gasteiger partial charge >= 0.3 is 5.97 Å². The van der Waals surface area contributed by atoms with Gasteiger partial charge in [-0.05, 0) is 33.6 Å². The van der Waals surface area contributed by atoms with Crippen LogP contribution in [0.15, 0.2) is 6.20 Å². The standard InChI is InChI=1S/C12H19ClN2O2/c1-9-10(13)8-14-15(9)7-5-4-6-12(2,3)11(16)17/h8H,4-7H2,1-3H3,(H,16,17). The van der Waals surface area contributed by atoms with Gasteiger partial charge in [0.2, 0.25) is 0 Å². The molecule has 0 amide bonds. The van der Waals surface area contributed by atoms with Gasteiger partial charge in [0.15, 0.2) is 0 Å². The summed E-state index contributed by atoms with van der Waals surface area (Å²) < 4.78 is 1.86. The lowest BCUT2D eigenvalue weighted by atomic mass is 9.87. The lowest BCUT2D eigenvalue weighted by molar-refractivity contribution is -0.147. The van der Waals surface area contributed by atoms with Crippen molar-refractivity contribution in [1.29, 1.82) is 0 Å². The molecule has 1 heterocycles. The highest BCUT2D eigenvalue weighted by Gasteiger charge is 2.25. The zero-order chi connectivity index (χ0) is 13.1. The maximum absolute atomic E-state index is 10.9. The Labute approximate surface area is 107 Å². The highest BCUT2D eigenvalue weighted by Crippen LogP contribution is 2.23. The molecule has 0 bridgehead atoms. The molecule has 17 heavy (non-hydrogen) atoms. The largest absolute Gasteiger partial charge is 0.481 e. The summed E-state index contributed by atoms with van der Waals surface area (Å²) in [5.41, 5.74) is 0.320. The molecule has 0 saturated carbocycles. The molecule has 0 saturated heterocycles. The minimum atomic E-state index is -0.740. The second kappa shape index (κ2) is 5.54. The van der Waals surface area contributed by atoms with Gasteiger partial charge in [-0.2, -0.15) is 5.10 Å². The van der Waals surface area contributed by atoms with Crippen molar-refractivity contribution in [2.24, 2.45) is 5.41 Å². The van der Waals surface area contributed by atoms with E-state index in [1.165, 1.54) is 0 Å². The third-order valence-corrected chi connectivity index (χ3v) is 3.42. The summed E-state index contributed by atoms with van der Waals surface area (Å²) in [6.07, 6.45) is 4.10. The zero-order valence-corrected chi connectivity index (χ0v) is 11.3. The van der Waals surface area contributed by atoms with Crippen LogP contribution in [-0.2, 0) is 11.3 Å². The Hall–Kier alpha value is -1.03. The molecule has 0 aliphatic heterocycles. The molecule has 0 aliphatic carbocycles. The van der Waals surface area contributed by atoms with Crippen molar-refractivity contribution in [3.05, 3.63) is 16.9 Å². The molecule has 0 unspecified atom stereocenters. The maximum Gasteiger partial charge on any atom is 0.309 e. The molecule has 0 aromatic carbocycles. The number of aromatic nitrogens is 2. The smallest absolute Gasteiger partial charge is 0.309 e. The summed E-state index contributed by atoms with van der Waals surface area (Å²) in [7, 11) is 0. The van der Waals surface area contributed by atoms with Gasteiger partial charge in [0.05, 0.1) is 22.3 Å². The van der Waals surface area contributed by atoms with Gasteiger partial charge < -0.3 is 5.11 Å². The lowest BCUT2D eigenvalue weighted by Crippen LogP contribution is -2.23. The SMILES string of the molecule is Cc1c(Cl)cnn1CCCCC(C)(C)C(=O)O. The summed E-state index contributed by atoms with van der Waals surface area (Å²) in [5, 5.41) is 13.8. The monoisotopic (exact) mass is 258 g/mol. The van der Waals surface area contributed by atoms with Crippen molar-refractivity contribution < 1.29 is 9.90 Å². The van der Waals surface area contributed by atoms with Crippen LogP contribution in [0.4, 0.5) is 0 Å². The number of nitrogens with zero attached hydrogens (tertiary/aromatic N) is 2. The van der Waals surface area contributed by atoms with Crippen LogP contribution in [-0.4, -0.2) is 20.9 Å². The van der Waals surface area contributed by atoms with Gasteiger partial charge in [-0.25, -0.2) is 0 Å². The molecule has 0 aliphatic rings. The molecule has 1 aromatic heterocycles. The van der Waals surface area contributed by atoms with E-state index in [-0.39, 0.29) is 0 Å². The van der Waals surface area contributed by atoms with Gasteiger partial charge in [0.25, 0.3) is 0 Å². The van der Waals surface area contributed by atoms with E-state index in [0.29, 0.717) is 11.4 Å². The van der Waals surface area contributed by atoms with E-state index in [1.54, 1.807) is 20.0 Å². The van der Waals surface area contributed by atoms with E-state index in [4.69, 9.17) is 16.7 Å². The van der Waals surface area contributed by atoms with Gasteiger partial charge in [0, 0.05) is 6.54 Å². The molecule has 5 heteroatoms. The van der Waals surface area contributed by atoms with Crippen LogP contribution in [0.25, 0.3) is 0 Å². The van der Waals surface area contributed by atoms with Crippen molar-refractivity contribution in [1.82, 2.24) is 9.78 Å². The van der Waals surface area contributed by atoms with Crippen molar-refractivity contribution in [2.45, 2.75) is 46.6 Å². The van der Waals surface area contributed by atoms with E-state index in [2.05, 4.69) is 5.10 Å². The van der Waals surface area contributed by atoms with Crippen molar-refractivity contribution in [2.75, 3.05) is 0 Å². The van der Waals surface area contributed by atoms with Gasteiger partial charge in [-0.3, -0.25) is 9.48 Å². The number of aryl methyl sites for hydroxylation is 1. The molecule has 0 radical (unpaired) electrons. The lowest BCUT2D eigenvalue weighted by Gasteiger charge is -2.18. The quantitative estimate of drug-likeness (QED) is 0.798. The van der Waals surface area contributed by atoms with Crippen LogP contribution in [0.5, 0.6) is 0 Å². The number of hydrogen-bond acceptors (Lipinski definition) is 2. The molecule has 0 spiro atoms. The topological polar surface area (TPSA) is 55.1 Å². The number of aliphatic carboxylic acids is 1. The summed E-state index contributed by atoms with van der Waals surface area (Å²) in [5.74, 6) is -0.740. The van der Waals surface area contributed by atoms with Crippen LogP contribution in [0, 0.1) is 12.3 Å². The predicted octanol–water partition coefficient (Wildman–Crippen LogP) is 3.13. The molecule has 1 rings (SSSR count). The average Bonchev–Trinajstić information content (AvgIpc) is 2.55. The van der Waals surface area contributed by atoms with Crippen LogP contribution >= 0.6 is 11.6 Å². The Morgan fingerprint density at radius 3 is 2.65 bits per heavy atom. The fourth-order valence-corrected chi connectivity index (χ4v) is 1.73. The fourth-order valence-electron chi connectivity index (χ4n) is 1.58. The molecule has 0 fully saturated rings. The van der Waals surface area contributed by atoms with E-state index in [0.717, 1.165) is 25.1 Å². The summed E-state index contributed by atoms with van der Waals surface area (Å²) in [4.78, 5) is 10.9. The van der Waals surface area contributed by atoms with Crippen LogP contribution in [0.3, 0.4) is 0 Å². The van der Waals surface area contributed by atoms with E-state index in [1.807, 2.05) is 11.6 Å². The Kier molecular flexibility index (Phi) is 4.57. The highest BCUT2D eigenvalue weighted by atomic mass is 35.5. The number of halogens is 1. The minimum absolute atomic E-state index is 0.642. The third kappa shape index (κ3) is 3.73. The van der Waals surface area contributed by atoms with Crippen LogP contribution in [0.2, 0.25) is 5.02 Å². The predicted molar refractivity (Wildman–Crippen MR) is 67.2 cm³/mol. The highest BCUT2D eigenvalue weighted by molar-refractivity contribution is 6.31. The first-order valence-electron chi connectivity index (χ1n) is 5.76. The van der Waals surface area contributed by atoms with Crippen molar-refractivity contribution >= 4 is 17.6 Å². The third-order valence-electron chi connectivity index (χ3n) is 3.04. The Morgan fingerprint density at radius 2 is 2.18 bits per heavy atom. The fraction of sp³-hybridized carbons (Fsp3) is 0.667. The molecular weight excluding hydrogens is 240 g/mol. The molecular formula is C12H19ClN2O2. The number of carboxylic acids is 1. The first-order chi connectivity index (χ1) is 7.84. The van der Waals surface area contributed by atoms with Crippen molar-refractivity contribution in [3.8, 4) is 0 Å². The maximum atomic E-state index is 10.9. The summed E-state index contributed by atoms with van der Waals surface area (Å²) in [6.45, 7) is 6.22. The van der Waals surface area contributed by atoms with Gasteiger partial charge in [0.1, 0.15) is 0 Å². The Balaban J connectivity index is 2.34. The Bertz CT molecular complexity index is 399. The molecule has 0 atom stereocenters. The number of carbonyl (C=O) groups is 1. The van der Waals surface area contributed by atoms with Gasteiger partial charge in [-0.15, -0.1) is 0 Å².